The molecule has 1 aliphatic rings. The fourth-order valence-electron chi connectivity index (χ4n) is 1.20. The van der Waals surface area contributed by atoms with Crippen LogP contribution in [0.4, 0.5) is 0 Å². The quantitative estimate of drug-likeness (QED) is 0.455. The molecule has 3 unspecified atom stereocenters. The Bertz CT molecular complexity index is 89.1. The second-order valence-corrected chi connectivity index (χ2v) is 2.62. The molecule has 1 heterocycles. The highest BCUT2D eigenvalue weighted by Gasteiger charge is 2.34. The third-order valence-electron chi connectivity index (χ3n) is 1.92. The van der Waals surface area contributed by atoms with Crippen molar-refractivity contribution in [1.29, 1.82) is 0 Å². The maximum absolute atomic E-state index is 9.06. The molecule has 0 aromatic heterocycles. The lowest BCUT2D eigenvalue weighted by atomic mass is 9.91. The van der Waals surface area contributed by atoms with Gasteiger partial charge in [0, 0.05) is 18.5 Å². The summed E-state index contributed by atoms with van der Waals surface area (Å²) in [7, 11) is 1.90. The van der Waals surface area contributed by atoms with Crippen molar-refractivity contribution in [1.82, 2.24) is 10.6 Å². The molecule has 0 aromatic carbocycles. The largest absolute Gasteiger partial charge is 0.378 e. The highest BCUT2D eigenvalue weighted by Crippen LogP contribution is 2.16. The molecule has 9 heavy (non-hydrogen) atoms. The summed E-state index contributed by atoms with van der Waals surface area (Å²) in [5, 5.41) is 15.0. The first-order chi connectivity index (χ1) is 4.25. The minimum Gasteiger partial charge on any atom is -0.378 e. The Balaban J connectivity index is 2.22. The lowest BCUT2D eigenvalue weighted by Crippen LogP contribution is -2.62. The van der Waals surface area contributed by atoms with Gasteiger partial charge in [-0.2, -0.15) is 0 Å². The topological polar surface area (TPSA) is 44.3 Å². The molecule has 3 N–H and O–H groups in total. The zero-order valence-electron chi connectivity index (χ0n) is 5.89. The van der Waals surface area contributed by atoms with E-state index in [2.05, 4.69) is 17.6 Å². The van der Waals surface area contributed by atoms with Crippen LogP contribution in [0.5, 0.6) is 0 Å². The summed E-state index contributed by atoms with van der Waals surface area (Å²) in [6.07, 6.45) is -0.285. The van der Waals surface area contributed by atoms with E-state index in [0.717, 1.165) is 6.54 Å². The van der Waals surface area contributed by atoms with Gasteiger partial charge in [0.1, 0.15) is 6.23 Å². The van der Waals surface area contributed by atoms with Gasteiger partial charge < -0.3 is 10.4 Å². The molecule has 3 nitrogen and oxygen atoms in total. The van der Waals surface area contributed by atoms with E-state index in [0.29, 0.717) is 12.0 Å². The third kappa shape index (κ3) is 1.23. The summed E-state index contributed by atoms with van der Waals surface area (Å²) in [5.41, 5.74) is 0. The molecule has 54 valence electrons. The smallest absolute Gasteiger partial charge is 0.110 e. The van der Waals surface area contributed by atoms with Gasteiger partial charge >= 0.3 is 0 Å². The van der Waals surface area contributed by atoms with Crippen LogP contribution in [0.25, 0.3) is 0 Å². The maximum atomic E-state index is 9.06. The predicted octanol–water partition coefficient (Wildman–Crippen LogP) is -0.868. The normalized spacial score (nSPS) is 42.3. The monoisotopic (exact) mass is 130 g/mol. The van der Waals surface area contributed by atoms with Crippen molar-refractivity contribution in [2.24, 2.45) is 5.92 Å². The van der Waals surface area contributed by atoms with E-state index in [-0.39, 0.29) is 6.23 Å². The van der Waals surface area contributed by atoms with Crippen LogP contribution >= 0.6 is 0 Å². The van der Waals surface area contributed by atoms with Gasteiger partial charge in [0.15, 0.2) is 0 Å². The van der Waals surface area contributed by atoms with E-state index in [1.807, 2.05) is 7.05 Å². The molecule has 1 fully saturated rings. The van der Waals surface area contributed by atoms with Crippen molar-refractivity contribution >= 4 is 0 Å². The van der Waals surface area contributed by atoms with Crippen LogP contribution < -0.4 is 10.6 Å². The van der Waals surface area contributed by atoms with Crippen molar-refractivity contribution in [3.63, 3.8) is 0 Å². The predicted molar refractivity (Wildman–Crippen MR) is 36.0 cm³/mol. The molecule has 0 saturated carbocycles. The number of rotatable bonds is 2. The molecular weight excluding hydrogens is 116 g/mol. The highest BCUT2D eigenvalue weighted by molar-refractivity contribution is 4.89. The third-order valence-corrected chi connectivity index (χ3v) is 1.92. The standard InChI is InChI=1S/C6H14N2O/c1-4-5(3-7-2)6(9)8-4/h4-9H,3H2,1-2H3. The average molecular weight is 130 g/mol. The van der Waals surface area contributed by atoms with Crippen LogP contribution in [0.2, 0.25) is 0 Å². The lowest BCUT2D eigenvalue weighted by molar-refractivity contribution is -0.0280. The first kappa shape index (κ1) is 6.99. The van der Waals surface area contributed by atoms with E-state index in [1.54, 1.807) is 0 Å². The van der Waals surface area contributed by atoms with E-state index in [9.17, 15) is 0 Å². The molecule has 0 radical (unpaired) electrons. The second kappa shape index (κ2) is 2.64. The molecule has 0 spiro atoms. The molecule has 1 aliphatic heterocycles. The Morgan fingerprint density at radius 1 is 1.67 bits per heavy atom. The van der Waals surface area contributed by atoms with Crippen molar-refractivity contribution in [2.75, 3.05) is 13.6 Å². The Kier molecular flexibility index (Phi) is 2.05. The Morgan fingerprint density at radius 3 is 2.56 bits per heavy atom. The molecule has 1 saturated heterocycles. The fourth-order valence-corrected chi connectivity index (χ4v) is 1.20. The summed E-state index contributed by atoms with van der Waals surface area (Å²) < 4.78 is 0. The Labute approximate surface area is 55.5 Å². The van der Waals surface area contributed by atoms with Crippen LogP contribution in [0.1, 0.15) is 6.92 Å². The van der Waals surface area contributed by atoms with Gasteiger partial charge in [-0.3, -0.25) is 5.32 Å². The Hall–Kier alpha value is -0.120. The summed E-state index contributed by atoms with van der Waals surface area (Å²) in [5.74, 6) is 0.398. The first-order valence-electron chi connectivity index (χ1n) is 3.34. The highest BCUT2D eigenvalue weighted by atomic mass is 16.3. The minimum atomic E-state index is -0.285. The van der Waals surface area contributed by atoms with Crippen molar-refractivity contribution in [3.05, 3.63) is 0 Å². The number of nitrogens with one attached hydrogen (secondary N) is 2. The van der Waals surface area contributed by atoms with Gasteiger partial charge in [0.2, 0.25) is 0 Å². The number of aliphatic hydroxyl groups is 1. The molecule has 0 bridgehead atoms. The summed E-state index contributed by atoms with van der Waals surface area (Å²) in [6, 6.07) is 0.465. The molecule has 0 aromatic rings. The van der Waals surface area contributed by atoms with Crippen molar-refractivity contribution in [3.8, 4) is 0 Å². The van der Waals surface area contributed by atoms with Crippen LogP contribution in [-0.4, -0.2) is 31.0 Å². The molecule has 3 heteroatoms. The minimum absolute atomic E-state index is 0.285. The van der Waals surface area contributed by atoms with Crippen LogP contribution in [0.15, 0.2) is 0 Å². The maximum Gasteiger partial charge on any atom is 0.110 e. The molecule has 1 rings (SSSR count). The zero-order valence-corrected chi connectivity index (χ0v) is 5.89. The zero-order chi connectivity index (χ0) is 6.85. The van der Waals surface area contributed by atoms with Crippen molar-refractivity contribution < 1.29 is 5.11 Å². The van der Waals surface area contributed by atoms with Gasteiger partial charge in [-0.05, 0) is 14.0 Å². The van der Waals surface area contributed by atoms with Crippen LogP contribution in [0, 0.1) is 5.92 Å². The average Bonchev–Trinajstić information content (AvgIpc) is 1.84. The Morgan fingerprint density at radius 2 is 2.33 bits per heavy atom. The van der Waals surface area contributed by atoms with Gasteiger partial charge in [-0.15, -0.1) is 0 Å². The van der Waals surface area contributed by atoms with Gasteiger partial charge in [0.25, 0.3) is 0 Å². The number of hydrogen-bond acceptors (Lipinski definition) is 3. The molecule has 0 amide bonds. The molecular formula is C6H14N2O. The van der Waals surface area contributed by atoms with Gasteiger partial charge in [-0.1, -0.05) is 0 Å². The second-order valence-electron chi connectivity index (χ2n) is 2.62. The molecule has 3 atom stereocenters. The van der Waals surface area contributed by atoms with Crippen LogP contribution in [0.3, 0.4) is 0 Å². The molecule has 0 aliphatic carbocycles. The van der Waals surface area contributed by atoms with Gasteiger partial charge in [-0.25, -0.2) is 0 Å². The summed E-state index contributed by atoms with van der Waals surface area (Å²) in [4.78, 5) is 0. The first-order valence-corrected chi connectivity index (χ1v) is 3.34. The van der Waals surface area contributed by atoms with E-state index in [4.69, 9.17) is 5.11 Å². The number of aliphatic hydroxyl groups excluding tert-OH is 1. The van der Waals surface area contributed by atoms with Crippen LogP contribution in [-0.2, 0) is 0 Å². The lowest BCUT2D eigenvalue weighted by Gasteiger charge is -2.40. The van der Waals surface area contributed by atoms with E-state index < -0.39 is 0 Å². The fraction of sp³-hybridized carbons (Fsp3) is 1.00. The van der Waals surface area contributed by atoms with E-state index in [1.165, 1.54) is 0 Å². The van der Waals surface area contributed by atoms with Gasteiger partial charge in [0.05, 0.1) is 0 Å². The summed E-state index contributed by atoms with van der Waals surface area (Å²) in [6.45, 7) is 2.98. The van der Waals surface area contributed by atoms with Crippen molar-refractivity contribution in [2.45, 2.75) is 19.2 Å². The van der Waals surface area contributed by atoms with E-state index >= 15 is 0 Å². The summed E-state index contributed by atoms with van der Waals surface area (Å²) >= 11 is 0. The number of hydrogen-bond donors (Lipinski definition) is 3. The SMILES string of the molecule is CNCC1C(C)NC1O.